The van der Waals surface area contributed by atoms with E-state index in [1.54, 1.807) is 36.5 Å². The van der Waals surface area contributed by atoms with Gasteiger partial charge >= 0.3 is 0 Å². The molecule has 0 aliphatic rings. The summed E-state index contributed by atoms with van der Waals surface area (Å²) >= 11 is 15.3. The van der Waals surface area contributed by atoms with Gasteiger partial charge in [0, 0.05) is 10.0 Å². The van der Waals surface area contributed by atoms with E-state index in [4.69, 9.17) is 32.7 Å². The second-order valence-electron chi connectivity index (χ2n) is 6.77. The van der Waals surface area contributed by atoms with Crippen molar-refractivity contribution in [2.75, 3.05) is 6.61 Å². The number of carbonyl (C=O) groups excluding carboxylic acids is 1. The molecular weight excluding hydrogens is 515 g/mol. The van der Waals surface area contributed by atoms with Crippen molar-refractivity contribution in [2.24, 2.45) is 5.10 Å². The number of ether oxygens (including phenoxy) is 2. The Kier molecular flexibility index (Phi) is 8.97. The van der Waals surface area contributed by atoms with Crippen LogP contribution in [0.15, 0.2) is 70.2 Å². The Hall–Kier alpha value is -2.54. The van der Waals surface area contributed by atoms with Crippen molar-refractivity contribution in [3.8, 4) is 11.5 Å². The smallest absolute Gasteiger partial charge is 0.244 e. The maximum atomic E-state index is 12.1. The van der Waals surface area contributed by atoms with Crippen LogP contribution in [0.3, 0.4) is 0 Å². The lowest BCUT2D eigenvalue weighted by atomic mass is 10.1. The summed E-state index contributed by atoms with van der Waals surface area (Å²) in [5.41, 5.74) is 5.11. The third kappa shape index (κ3) is 7.26. The van der Waals surface area contributed by atoms with Gasteiger partial charge in [-0.15, -0.1) is 0 Å². The quantitative estimate of drug-likeness (QED) is 0.254. The summed E-state index contributed by atoms with van der Waals surface area (Å²) in [5.74, 6) is 0.936. The molecule has 0 aliphatic heterocycles. The first-order chi connectivity index (χ1) is 15.4. The van der Waals surface area contributed by atoms with Crippen molar-refractivity contribution in [2.45, 2.75) is 20.0 Å². The number of hydrazone groups is 1. The molecular formula is C24H21BrCl2N2O3. The van der Waals surface area contributed by atoms with Crippen LogP contribution >= 0.6 is 39.1 Å². The Morgan fingerprint density at radius 2 is 1.62 bits per heavy atom. The molecule has 0 radical (unpaired) electrons. The second kappa shape index (κ2) is 11.9. The molecule has 32 heavy (non-hydrogen) atoms. The van der Waals surface area contributed by atoms with Gasteiger partial charge in [-0.2, -0.15) is 5.10 Å². The minimum atomic E-state index is -0.226. The van der Waals surface area contributed by atoms with Crippen LogP contribution in [0.5, 0.6) is 11.5 Å². The van der Waals surface area contributed by atoms with Gasteiger partial charge < -0.3 is 9.47 Å². The lowest BCUT2D eigenvalue weighted by molar-refractivity contribution is -0.120. The van der Waals surface area contributed by atoms with E-state index in [9.17, 15) is 4.79 Å². The zero-order chi connectivity index (χ0) is 22.9. The van der Waals surface area contributed by atoms with E-state index in [0.717, 1.165) is 16.7 Å². The molecule has 0 saturated carbocycles. The van der Waals surface area contributed by atoms with Gasteiger partial charge in [0.1, 0.15) is 6.61 Å². The first-order valence-electron chi connectivity index (χ1n) is 9.84. The Labute approximate surface area is 205 Å². The standard InChI is InChI=1S/C24H21BrCl2N2O3/c1-2-31-22-12-18(14-28-29-23(30)13-16-3-7-19(26)8-4-16)11-21(25)24(22)32-15-17-5-9-20(27)10-6-17/h3-12,14H,2,13,15H2,1H3,(H,29,30)/b28-14-. The number of nitrogens with one attached hydrogen (secondary N) is 1. The van der Waals surface area contributed by atoms with Crippen molar-refractivity contribution >= 4 is 51.3 Å². The highest BCUT2D eigenvalue weighted by Crippen LogP contribution is 2.37. The van der Waals surface area contributed by atoms with Crippen LogP contribution in [0.25, 0.3) is 0 Å². The van der Waals surface area contributed by atoms with Crippen molar-refractivity contribution in [1.29, 1.82) is 0 Å². The fourth-order valence-electron chi connectivity index (χ4n) is 2.81. The van der Waals surface area contributed by atoms with E-state index >= 15 is 0 Å². The summed E-state index contributed by atoms with van der Waals surface area (Å²) in [6.45, 7) is 2.74. The highest BCUT2D eigenvalue weighted by molar-refractivity contribution is 9.10. The number of benzene rings is 3. The van der Waals surface area contributed by atoms with E-state index in [1.807, 2.05) is 37.3 Å². The third-order valence-electron chi connectivity index (χ3n) is 4.31. The van der Waals surface area contributed by atoms with Crippen LogP contribution in [0.1, 0.15) is 23.6 Å². The van der Waals surface area contributed by atoms with Crippen LogP contribution in [0.4, 0.5) is 0 Å². The summed E-state index contributed by atoms with van der Waals surface area (Å²) in [4.78, 5) is 12.1. The molecule has 0 heterocycles. The number of hydrogen-bond donors (Lipinski definition) is 1. The summed E-state index contributed by atoms with van der Waals surface area (Å²) in [6.07, 6.45) is 1.76. The number of halogens is 3. The van der Waals surface area contributed by atoms with Crippen LogP contribution in [0.2, 0.25) is 10.0 Å². The first-order valence-corrected chi connectivity index (χ1v) is 11.4. The topological polar surface area (TPSA) is 59.9 Å². The Morgan fingerprint density at radius 3 is 2.25 bits per heavy atom. The molecule has 3 rings (SSSR count). The maximum Gasteiger partial charge on any atom is 0.244 e. The molecule has 1 N–H and O–H groups in total. The average molecular weight is 536 g/mol. The normalized spacial score (nSPS) is 10.9. The highest BCUT2D eigenvalue weighted by Gasteiger charge is 2.12. The molecule has 5 nitrogen and oxygen atoms in total. The van der Waals surface area contributed by atoms with Crippen molar-refractivity contribution < 1.29 is 14.3 Å². The molecule has 8 heteroatoms. The monoisotopic (exact) mass is 534 g/mol. The molecule has 0 aromatic heterocycles. The molecule has 3 aromatic carbocycles. The second-order valence-corrected chi connectivity index (χ2v) is 8.50. The minimum absolute atomic E-state index is 0.208. The third-order valence-corrected chi connectivity index (χ3v) is 5.40. The molecule has 0 bridgehead atoms. The maximum absolute atomic E-state index is 12.1. The number of carbonyl (C=O) groups is 1. The summed E-state index contributed by atoms with van der Waals surface area (Å²) in [6, 6.07) is 18.2. The zero-order valence-corrected chi connectivity index (χ0v) is 20.4. The highest BCUT2D eigenvalue weighted by atomic mass is 79.9. The van der Waals surface area contributed by atoms with E-state index in [1.165, 1.54) is 0 Å². The molecule has 0 spiro atoms. The molecule has 0 aliphatic carbocycles. The first kappa shape index (κ1) is 24.1. The van der Waals surface area contributed by atoms with Crippen LogP contribution in [-0.4, -0.2) is 18.7 Å². The molecule has 0 unspecified atom stereocenters. The van der Waals surface area contributed by atoms with E-state index in [0.29, 0.717) is 39.2 Å². The summed E-state index contributed by atoms with van der Waals surface area (Å²) in [7, 11) is 0. The molecule has 3 aromatic rings. The molecule has 1 amide bonds. The van der Waals surface area contributed by atoms with E-state index in [-0.39, 0.29) is 12.3 Å². The lowest BCUT2D eigenvalue weighted by Gasteiger charge is -2.14. The van der Waals surface area contributed by atoms with Gasteiger partial charge in [-0.1, -0.05) is 47.5 Å². The van der Waals surface area contributed by atoms with Crippen LogP contribution < -0.4 is 14.9 Å². The fourth-order valence-corrected chi connectivity index (χ4v) is 3.63. The van der Waals surface area contributed by atoms with Gasteiger partial charge in [-0.3, -0.25) is 4.79 Å². The predicted molar refractivity (Wildman–Crippen MR) is 132 cm³/mol. The van der Waals surface area contributed by atoms with Crippen molar-refractivity contribution in [3.63, 3.8) is 0 Å². The lowest BCUT2D eigenvalue weighted by Crippen LogP contribution is -2.19. The van der Waals surface area contributed by atoms with Crippen LogP contribution in [-0.2, 0) is 17.8 Å². The van der Waals surface area contributed by atoms with Gasteiger partial charge in [0.05, 0.1) is 23.7 Å². The average Bonchev–Trinajstić information content (AvgIpc) is 2.76. The zero-order valence-electron chi connectivity index (χ0n) is 17.3. The summed E-state index contributed by atoms with van der Waals surface area (Å²) < 4.78 is 12.4. The number of rotatable bonds is 9. The van der Waals surface area contributed by atoms with Gasteiger partial charge in [0.15, 0.2) is 11.5 Å². The van der Waals surface area contributed by atoms with E-state index in [2.05, 4.69) is 26.5 Å². The number of nitrogens with zero attached hydrogens (tertiary/aromatic N) is 1. The Morgan fingerprint density at radius 1 is 1.00 bits per heavy atom. The van der Waals surface area contributed by atoms with E-state index < -0.39 is 0 Å². The molecule has 0 atom stereocenters. The van der Waals surface area contributed by atoms with Crippen molar-refractivity contribution in [3.05, 3.63) is 91.9 Å². The molecule has 166 valence electrons. The predicted octanol–water partition coefficient (Wildman–Crippen LogP) is 6.43. The van der Waals surface area contributed by atoms with Gasteiger partial charge in [-0.25, -0.2) is 5.43 Å². The largest absolute Gasteiger partial charge is 0.490 e. The summed E-state index contributed by atoms with van der Waals surface area (Å²) in [5, 5.41) is 5.35. The van der Waals surface area contributed by atoms with Crippen LogP contribution in [0, 0.1) is 0 Å². The molecule has 0 saturated heterocycles. The number of amides is 1. The minimum Gasteiger partial charge on any atom is -0.490 e. The Bertz CT molecular complexity index is 1090. The SMILES string of the molecule is CCOc1cc(/C=N\NC(=O)Cc2ccc(Cl)cc2)cc(Br)c1OCc1ccc(Cl)cc1. The molecule has 0 fully saturated rings. The Balaban J connectivity index is 1.65. The van der Waals surface area contributed by atoms with Gasteiger partial charge in [0.2, 0.25) is 5.91 Å². The van der Waals surface area contributed by atoms with Gasteiger partial charge in [-0.05, 0) is 75.9 Å². The van der Waals surface area contributed by atoms with Gasteiger partial charge in [0.25, 0.3) is 0 Å². The number of hydrogen-bond acceptors (Lipinski definition) is 4. The van der Waals surface area contributed by atoms with Crippen molar-refractivity contribution in [1.82, 2.24) is 5.43 Å². The fraction of sp³-hybridized carbons (Fsp3) is 0.167.